The van der Waals surface area contributed by atoms with Crippen LogP contribution in [0, 0.1) is 5.82 Å². The van der Waals surface area contributed by atoms with Crippen LogP contribution in [0.1, 0.15) is 32.3 Å². The number of benzene rings is 1. The number of rotatable bonds is 10. The minimum atomic E-state index is -3.14. The molecule has 1 N–H and O–H groups in total. The van der Waals surface area contributed by atoms with Gasteiger partial charge >= 0.3 is 6.16 Å². The monoisotopic (exact) mass is 525 g/mol. The SMILES string of the molecule is COc1c(OC2CCN(OC(=O)OC(C)C)CC2)ccnc1Nc1ccc(CCS(C)(=O)=O)cc1F. The Kier molecular flexibility index (Phi) is 9.32. The van der Waals surface area contributed by atoms with Gasteiger partial charge in [0.2, 0.25) is 5.75 Å². The number of pyridine rings is 1. The lowest BCUT2D eigenvalue weighted by Crippen LogP contribution is -2.39. The Balaban J connectivity index is 1.62. The number of ether oxygens (including phenoxy) is 3. The topological polar surface area (TPSA) is 116 Å². The van der Waals surface area contributed by atoms with Crippen LogP contribution < -0.4 is 14.8 Å². The van der Waals surface area contributed by atoms with E-state index in [2.05, 4.69) is 10.3 Å². The van der Waals surface area contributed by atoms with Gasteiger partial charge in [-0.25, -0.2) is 22.6 Å². The van der Waals surface area contributed by atoms with Crippen LogP contribution in [0.5, 0.6) is 11.5 Å². The number of nitrogens with one attached hydrogen (secondary N) is 1. The predicted molar refractivity (Wildman–Crippen MR) is 132 cm³/mol. The van der Waals surface area contributed by atoms with E-state index in [0.717, 1.165) is 6.26 Å². The number of aromatic nitrogens is 1. The number of methoxy groups -OCH3 is 1. The van der Waals surface area contributed by atoms with Crippen molar-refractivity contribution in [2.75, 3.05) is 37.5 Å². The Morgan fingerprint density at radius 3 is 2.58 bits per heavy atom. The van der Waals surface area contributed by atoms with Crippen LogP contribution in [0.15, 0.2) is 30.5 Å². The molecule has 1 aromatic carbocycles. The molecule has 0 saturated carbocycles. The van der Waals surface area contributed by atoms with Crippen molar-refractivity contribution < 1.29 is 36.7 Å². The smallest absolute Gasteiger partial charge is 0.490 e. The molecule has 198 valence electrons. The summed E-state index contributed by atoms with van der Waals surface area (Å²) in [4.78, 5) is 21.1. The maximum atomic E-state index is 14.7. The summed E-state index contributed by atoms with van der Waals surface area (Å²) >= 11 is 0. The van der Waals surface area contributed by atoms with Gasteiger partial charge in [0.25, 0.3) is 0 Å². The highest BCUT2D eigenvalue weighted by atomic mass is 32.2. The van der Waals surface area contributed by atoms with Gasteiger partial charge < -0.3 is 24.4 Å². The third kappa shape index (κ3) is 8.23. The van der Waals surface area contributed by atoms with Crippen LogP contribution in [0.2, 0.25) is 0 Å². The molecule has 0 bridgehead atoms. The Labute approximate surface area is 210 Å². The van der Waals surface area contributed by atoms with Crippen molar-refractivity contribution in [3.8, 4) is 11.5 Å². The molecule has 0 atom stereocenters. The van der Waals surface area contributed by atoms with Gasteiger partial charge in [0.1, 0.15) is 21.8 Å². The molecule has 2 aromatic rings. The molecule has 0 spiro atoms. The van der Waals surface area contributed by atoms with Gasteiger partial charge in [-0.2, -0.15) is 0 Å². The Hall–Kier alpha value is -3.12. The molecule has 1 aliphatic rings. The van der Waals surface area contributed by atoms with E-state index in [1.165, 1.54) is 25.4 Å². The Morgan fingerprint density at radius 2 is 1.97 bits per heavy atom. The molecule has 36 heavy (non-hydrogen) atoms. The fraction of sp³-hybridized carbons (Fsp3) is 0.500. The molecule has 1 aromatic heterocycles. The lowest BCUT2D eigenvalue weighted by Gasteiger charge is -2.30. The van der Waals surface area contributed by atoms with Crippen molar-refractivity contribution in [3.05, 3.63) is 41.8 Å². The first-order chi connectivity index (χ1) is 17.0. The van der Waals surface area contributed by atoms with E-state index < -0.39 is 21.8 Å². The first-order valence-electron chi connectivity index (χ1n) is 11.6. The molecular formula is C24H32FN3O7S. The van der Waals surface area contributed by atoms with Crippen molar-refractivity contribution in [1.29, 1.82) is 0 Å². The molecule has 1 fully saturated rings. The number of sulfone groups is 1. The quantitative estimate of drug-likeness (QED) is 0.458. The van der Waals surface area contributed by atoms with Crippen molar-refractivity contribution >= 4 is 27.5 Å². The second-order valence-corrected chi connectivity index (χ2v) is 11.0. The first kappa shape index (κ1) is 27.5. The fourth-order valence-corrected chi connectivity index (χ4v) is 4.20. The third-order valence-electron chi connectivity index (χ3n) is 5.35. The van der Waals surface area contributed by atoms with Crippen molar-refractivity contribution in [3.63, 3.8) is 0 Å². The summed E-state index contributed by atoms with van der Waals surface area (Å²) in [6.45, 7) is 4.46. The van der Waals surface area contributed by atoms with Crippen LogP contribution in [0.25, 0.3) is 0 Å². The fourth-order valence-electron chi connectivity index (χ4n) is 3.60. The molecule has 12 heteroatoms. The molecule has 0 radical (unpaired) electrons. The number of nitrogens with zero attached hydrogens (tertiary/aromatic N) is 2. The number of halogens is 1. The minimum absolute atomic E-state index is 0.0545. The minimum Gasteiger partial charge on any atom is -0.490 e. The normalized spacial score (nSPS) is 14.9. The molecule has 1 saturated heterocycles. The largest absolute Gasteiger partial charge is 0.528 e. The zero-order chi connectivity index (χ0) is 26.3. The van der Waals surface area contributed by atoms with Crippen LogP contribution in [0.4, 0.5) is 20.7 Å². The lowest BCUT2D eigenvalue weighted by atomic mass is 10.1. The van der Waals surface area contributed by atoms with Crippen molar-refractivity contribution in [2.45, 2.75) is 45.3 Å². The van der Waals surface area contributed by atoms with Crippen LogP contribution in [0.3, 0.4) is 0 Å². The van der Waals surface area contributed by atoms with Crippen molar-refractivity contribution in [2.24, 2.45) is 0 Å². The number of hydrogen-bond acceptors (Lipinski definition) is 10. The van der Waals surface area contributed by atoms with Gasteiger partial charge in [0.05, 0.1) is 24.7 Å². The van der Waals surface area contributed by atoms with Gasteiger partial charge in [-0.1, -0.05) is 6.07 Å². The number of hydrogen-bond donors (Lipinski definition) is 1. The third-order valence-corrected chi connectivity index (χ3v) is 6.30. The Morgan fingerprint density at radius 1 is 1.25 bits per heavy atom. The van der Waals surface area contributed by atoms with Gasteiger partial charge in [-0.3, -0.25) is 0 Å². The summed E-state index contributed by atoms with van der Waals surface area (Å²) in [5.41, 5.74) is 0.744. The molecule has 1 aliphatic heterocycles. The average molecular weight is 526 g/mol. The van der Waals surface area contributed by atoms with E-state index in [-0.39, 0.29) is 35.9 Å². The summed E-state index contributed by atoms with van der Waals surface area (Å²) in [5, 5.41) is 4.47. The van der Waals surface area contributed by atoms with Crippen LogP contribution in [-0.2, 0) is 25.8 Å². The summed E-state index contributed by atoms with van der Waals surface area (Å²) in [6, 6.07) is 6.16. The van der Waals surface area contributed by atoms with Gasteiger partial charge in [0.15, 0.2) is 11.6 Å². The molecule has 2 heterocycles. The summed E-state index contributed by atoms with van der Waals surface area (Å²) in [5.74, 6) is 0.437. The average Bonchev–Trinajstić information content (AvgIpc) is 2.80. The molecule has 0 amide bonds. The maximum absolute atomic E-state index is 14.7. The summed E-state index contributed by atoms with van der Waals surface area (Å²) in [6.07, 6.45) is 2.97. The van der Waals surface area contributed by atoms with E-state index in [1.807, 2.05) is 0 Å². The number of anilines is 2. The van der Waals surface area contributed by atoms with E-state index in [4.69, 9.17) is 19.0 Å². The predicted octanol–water partition coefficient (Wildman–Crippen LogP) is 3.88. The standard InChI is InChI=1S/C24H32FN3O7S/c1-16(2)33-24(29)35-28-12-8-18(9-13-28)34-21-7-11-26-23(22(21)32-3)27-20-6-5-17(15-19(20)25)10-14-36(4,30)31/h5-7,11,15-16,18H,8-10,12-14H2,1-4H3,(H,26,27). The van der Waals surface area contributed by atoms with Gasteiger partial charge in [-0.05, 0) is 38.0 Å². The molecule has 0 aliphatic carbocycles. The lowest BCUT2D eigenvalue weighted by molar-refractivity contribution is -0.151. The van der Waals surface area contributed by atoms with Crippen LogP contribution in [-0.4, -0.2) is 69.0 Å². The van der Waals surface area contributed by atoms with E-state index >= 15 is 0 Å². The van der Waals surface area contributed by atoms with Gasteiger partial charge in [-0.15, -0.1) is 5.06 Å². The first-order valence-corrected chi connectivity index (χ1v) is 13.7. The van der Waals surface area contributed by atoms with Crippen molar-refractivity contribution in [1.82, 2.24) is 10.0 Å². The second-order valence-electron chi connectivity index (χ2n) is 8.76. The molecule has 3 rings (SSSR count). The summed E-state index contributed by atoms with van der Waals surface area (Å²) < 4.78 is 54.1. The molecule has 0 unspecified atom stereocenters. The summed E-state index contributed by atoms with van der Waals surface area (Å²) in [7, 11) is -1.67. The number of hydroxylamine groups is 2. The second kappa shape index (κ2) is 12.2. The van der Waals surface area contributed by atoms with E-state index in [0.29, 0.717) is 43.0 Å². The highest BCUT2D eigenvalue weighted by Gasteiger charge is 2.26. The number of aryl methyl sites for hydroxylation is 1. The molecule has 10 nitrogen and oxygen atoms in total. The van der Waals surface area contributed by atoms with Gasteiger partial charge in [0, 0.05) is 44.5 Å². The number of carbonyl (C=O) groups excluding carboxylic acids is 1. The van der Waals surface area contributed by atoms with E-state index in [1.54, 1.807) is 31.0 Å². The zero-order valence-electron chi connectivity index (χ0n) is 20.8. The highest BCUT2D eigenvalue weighted by molar-refractivity contribution is 7.90. The maximum Gasteiger partial charge on any atom is 0.528 e. The molecular weight excluding hydrogens is 493 g/mol. The van der Waals surface area contributed by atoms with Crippen LogP contribution >= 0.6 is 0 Å². The zero-order valence-corrected chi connectivity index (χ0v) is 21.6. The van der Waals surface area contributed by atoms with E-state index in [9.17, 15) is 17.6 Å². The highest BCUT2D eigenvalue weighted by Crippen LogP contribution is 2.37. The number of carbonyl (C=O) groups is 1. The Bertz CT molecular complexity index is 1150. The number of piperidine rings is 1.